The quantitative estimate of drug-likeness (QED) is 0.0320. The number of carbonyl (C=O) groups excluding carboxylic acids is 2. The van der Waals surface area contributed by atoms with Crippen LogP contribution in [-0.2, 0) is 14.3 Å². The second-order valence-corrected chi connectivity index (χ2v) is 26.7. The number of carbonyl (C=O) groups is 2. The standard InChI is InChI=1S/C78H151NO5/c1-3-5-7-9-11-13-15-17-19-21-22-23-24-27-30-33-36-39-42-46-50-54-58-62-66-70-76(81)75(74-80)79-77(82)71-67-63-59-55-51-47-43-40-37-34-31-28-25-26-29-32-35-38-41-45-49-53-57-61-65-69-73-84-78(83)72-68-64-60-56-52-48-44-20-18-16-14-12-10-8-6-4-2/h20,44,66,70,75-76,80-81H,3-19,21-43,45-65,67-69,71-74H2,1-2H3,(H,79,82)/b44-20-,70-66+. The van der Waals surface area contributed by atoms with Crippen molar-refractivity contribution in [1.82, 2.24) is 5.32 Å². The minimum atomic E-state index is -0.845. The van der Waals surface area contributed by atoms with Crippen molar-refractivity contribution in [3.05, 3.63) is 24.3 Å². The van der Waals surface area contributed by atoms with Gasteiger partial charge >= 0.3 is 5.97 Å². The third kappa shape index (κ3) is 69.4. The summed E-state index contributed by atoms with van der Waals surface area (Å²) < 4.78 is 5.50. The van der Waals surface area contributed by atoms with E-state index < -0.39 is 12.1 Å². The van der Waals surface area contributed by atoms with Crippen molar-refractivity contribution < 1.29 is 24.5 Å². The summed E-state index contributed by atoms with van der Waals surface area (Å²) in [6.07, 6.45) is 94.3. The van der Waals surface area contributed by atoms with E-state index in [1.54, 1.807) is 6.08 Å². The molecule has 6 nitrogen and oxygen atoms in total. The molecule has 2 unspecified atom stereocenters. The molecule has 0 bridgehead atoms. The number of rotatable bonds is 73. The second-order valence-electron chi connectivity index (χ2n) is 26.7. The first-order valence-electron chi connectivity index (χ1n) is 38.6. The van der Waals surface area contributed by atoms with Crippen molar-refractivity contribution in [1.29, 1.82) is 0 Å². The molecule has 0 saturated carbocycles. The maximum Gasteiger partial charge on any atom is 0.305 e. The number of aliphatic hydroxyl groups is 2. The Morgan fingerprint density at radius 3 is 0.845 bits per heavy atom. The van der Waals surface area contributed by atoms with Crippen LogP contribution in [0.15, 0.2) is 24.3 Å². The number of ether oxygens (including phenoxy) is 1. The number of amides is 1. The average Bonchev–Trinajstić information content (AvgIpc) is 3.51. The van der Waals surface area contributed by atoms with Crippen molar-refractivity contribution in [3.63, 3.8) is 0 Å². The predicted octanol–water partition coefficient (Wildman–Crippen LogP) is 25.3. The lowest BCUT2D eigenvalue weighted by atomic mass is 10.0. The van der Waals surface area contributed by atoms with Gasteiger partial charge in [-0.15, -0.1) is 0 Å². The van der Waals surface area contributed by atoms with Crippen LogP contribution in [0.4, 0.5) is 0 Å². The zero-order valence-electron chi connectivity index (χ0n) is 57.2. The topological polar surface area (TPSA) is 95.9 Å². The molecule has 84 heavy (non-hydrogen) atoms. The third-order valence-corrected chi connectivity index (χ3v) is 18.2. The summed E-state index contributed by atoms with van der Waals surface area (Å²) in [5.41, 5.74) is 0. The Balaban J connectivity index is 3.38. The average molecular weight is 1180 g/mol. The van der Waals surface area contributed by atoms with Gasteiger partial charge in [0.25, 0.3) is 0 Å². The lowest BCUT2D eigenvalue weighted by Crippen LogP contribution is -2.45. The van der Waals surface area contributed by atoms with E-state index in [9.17, 15) is 19.8 Å². The van der Waals surface area contributed by atoms with Gasteiger partial charge in [0.2, 0.25) is 5.91 Å². The number of unbranched alkanes of at least 4 members (excludes halogenated alkanes) is 60. The summed E-state index contributed by atoms with van der Waals surface area (Å²) in [7, 11) is 0. The Hall–Kier alpha value is -1.66. The van der Waals surface area contributed by atoms with Crippen LogP contribution in [0.5, 0.6) is 0 Å². The Kier molecular flexibility index (Phi) is 72.3. The van der Waals surface area contributed by atoms with Gasteiger partial charge in [-0.1, -0.05) is 391 Å². The van der Waals surface area contributed by atoms with Gasteiger partial charge in [-0.05, 0) is 57.8 Å². The molecule has 0 aliphatic carbocycles. The predicted molar refractivity (Wildman–Crippen MR) is 370 cm³/mol. The van der Waals surface area contributed by atoms with Gasteiger partial charge in [-0.25, -0.2) is 0 Å². The monoisotopic (exact) mass is 1180 g/mol. The highest BCUT2D eigenvalue weighted by Crippen LogP contribution is 2.20. The lowest BCUT2D eigenvalue weighted by molar-refractivity contribution is -0.143. The molecule has 0 radical (unpaired) electrons. The Morgan fingerprint density at radius 1 is 0.321 bits per heavy atom. The van der Waals surface area contributed by atoms with E-state index in [0.29, 0.717) is 19.4 Å². The fraction of sp³-hybridized carbons (Fsp3) is 0.923. The molecular weight excluding hydrogens is 1030 g/mol. The molecular formula is C78H151NO5. The van der Waals surface area contributed by atoms with Crippen LogP contribution in [0.25, 0.3) is 0 Å². The largest absolute Gasteiger partial charge is 0.466 e. The van der Waals surface area contributed by atoms with E-state index >= 15 is 0 Å². The number of esters is 1. The molecule has 0 aromatic heterocycles. The van der Waals surface area contributed by atoms with Crippen LogP contribution in [0, 0.1) is 0 Å². The maximum absolute atomic E-state index is 12.6. The van der Waals surface area contributed by atoms with E-state index in [2.05, 4.69) is 31.3 Å². The van der Waals surface area contributed by atoms with E-state index in [1.807, 2.05) is 6.08 Å². The van der Waals surface area contributed by atoms with Crippen LogP contribution in [0.3, 0.4) is 0 Å². The molecule has 0 aromatic rings. The Morgan fingerprint density at radius 2 is 0.560 bits per heavy atom. The van der Waals surface area contributed by atoms with E-state index in [0.717, 1.165) is 44.9 Å². The highest BCUT2D eigenvalue weighted by molar-refractivity contribution is 5.76. The summed E-state index contributed by atoms with van der Waals surface area (Å²) in [6, 6.07) is -0.628. The minimum Gasteiger partial charge on any atom is -0.466 e. The van der Waals surface area contributed by atoms with E-state index in [4.69, 9.17) is 4.74 Å². The molecule has 2 atom stereocenters. The zero-order valence-corrected chi connectivity index (χ0v) is 57.2. The molecule has 3 N–H and O–H groups in total. The van der Waals surface area contributed by atoms with Crippen molar-refractivity contribution >= 4 is 11.9 Å². The minimum absolute atomic E-state index is 0.0106. The summed E-state index contributed by atoms with van der Waals surface area (Å²) in [4.78, 5) is 24.6. The smallest absolute Gasteiger partial charge is 0.305 e. The Labute approximate surface area is 526 Å². The SMILES string of the molecule is CCCCCCCCC/C=C\CCCCCCCC(=O)OCCCCCCCCCCCCCCCCCCCCCCCCCCCCC(=O)NC(CO)C(O)/C=C/CCCCCCCCCCCCCCCCCCCCCCCCC. The molecule has 0 aromatic carbocycles. The van der Waals surface area contributed by atoms with Crippen LogP contribution >= 0.6 is 0 Å². The maximum atomic E-state index is 12.6. The number of hydrogen-bond acceptors (Lipinski definition) is 5. The van der Waals surface area contributed by atoms with E-state index in [-0.39, 0.29) is 18.5 Å². The summed E-state index contributed by atoms with van der Waals surface area (Å²) in [5.74, 6) is -0.0499. The van der Waals surface area contributed by atoms with Crippen LogP contribution in [0.2, 0.25) is 0 Å². The molecule has 0 fully saturated rings. The fourth-order valence-electron chi connectivity index (χ4n) is 12.3. The molecule has 1 amide bonds. The molecule has 0 saturated heterocycles. The highest BCUT2D eigenvalue weighted by atomic mass is 16.5. The van der Waals surface area contributed by atoms with Gasteiger partial charge in [-0.3, -0.25) is 9.59 Å². The van der Waals surface area contributed by atoms with Crippen molar-refractivity contribution in [2.24, 2.45) is 0 Å². The molecule has 0 aliphatic heterocycles. The van der Waals surface area contributed by atoms with Gasteiger partial charge in [0.15, 0.2) is 0 Å². The number of aliphatic hydroxyl groups excluding tert-OH is 2. The molecule has 6 heteroatoms. The number of hydrogen-bond donors (Lipinski definition) is 3. The summed E-state index contributed by atoms with van der Waals surface area (Å²) in [5, 5.41) is 23.3. The van der Waals surface area contributed by atoms with Gasteiger partial charge in [0.05, 0.1) is 25.4 Å². The molecule has 498 valence electrons. The lowest BCUT2D eigenvalue weighted by Gasteiger charge is -2.20. The zero-order chi connectivity index (χ0) is 60.6. The highest BCUT2D eigenvalue weighted by Gasteiger charge is 2.18. The molecule has 0 heterocycles. The summed E-state index contributed by atoms with van der Waals surface area (Å²) >= 11 is 0. The molecule has 0 aliphatic rings. The van der Waals surface area contributed by atoms with Crippen molar-refractivity contribution in [2.75, 3.05) is 13.2 Å². The fourth-order valence-corrected chi connectivity index (χ4v) is 12.3. The Bertz CT molecular complexity index is 1320. The van der Waals surface area contributed by atoms with Crippen LogP contribution < -0.4 is 5.32 Å². The normalized spacial score (nSPS) is 12.6. The van der Waals surface area contributed by atoms with Gasteiger partial charge in [-0.2, -0.15) is 0 Å². The van der Waals surface area contributed by atoms with E-state index in [1.165, 1.54) is 366 Å². The van der Waals surface area contributed by atoms with Crippen LogP contribution in [-0.4, -0.2) is 47.4 Å². The van der Waals surface area contributed by atoms with Crippen molar-refractivity contribution in [3.8, 4) is 0 Å². The van der Waals surface area contributed by atoms with Gasteiger partial charge in [0.1, 0.15) is 0 Å². The first-order chi connectivity index (χ1) is 41.5. The van der Waals surface area contributed by atoms with Crippen LogP contribution in [0.1, 0.15) is 438 Å². The first kappa shape index (κ1) is 82.3. The van der Waals surface area contributed by atoms with Gasteiger partial charge < -0.3 is 20.3 Å². The molecule has 0 spiro atoms. The number of allylic oxidation sites excluding steroid dienone is 3. The number of nitrogens with one attached hydrogen (secondary N) is 1. The molecule has 0 rings (SSSR count). The second kappa shape index (κ2) is 73.8. The van der Waals surface area contributed by atoms with Crippen molar-refractivity contribution in [2.45, 2.75) is 450 Å². The van der Waals surface area contributed by atoms with Gasteiger partial charge in [0, 0.05) is 12.8 Å². The summed E-state index contributed by atoms with van der Waals surface area (Å²) in [6.45, 7) is 4.95. The third-order valence-electron chi connectivity index (χ3n) is 18.2. The first-order valence-corrected chi connectivity index (χ1v) is 38.6.